The van der Waals surface area contributed by atoms with Gasteiger partial charge in [-0.3, -0.25) is 4.79 Å². The van der Waals surface area contributed by atoms with Gasteiger partial charge in [-0.05, 0) is 11.5 Å². The average molecular weight is 242 g/mol. The van der Waals surface area contributed by atoms with E-state index in [0.29, 0.717) is 0 Å². The molecule has 94 valence electrons. The Bertz CT molecular complexity index is 434. The maximum atomic E-state index is 13.6. The molecule has 0 unspecified atom stereocenters. The first-order valence-corrected chi connectivity index (χ1v) is 5.31. The fourth-order valence-corrected chi connectivity index (χ4v) is 1.48. The van der Waals surface area contributed by atoms with Crippen LogP contribution >= 0.6 is 0 Å². The maximum Gasteiger partial charge on any atom is 0.166 e. The van der Waals surface area contributed by atoms with Gasteiger partial charge in [0.05, 0.1) is 12.7 Å². The van der Waals surface area contributed by atoms with Crippen molar-refractivity contribution in [3.63, 3.8) is 0 Å². The van der Waals surface area contributed by atoms with E-state index in [1.807, 2.05) is 20.8 Å². The van der Waals surface area contributed by atoms with Gasteiger partial charge in [-0.25, -0.2) is 8.78 Å². The van der Waals surface area contributed by atoms with Gasteiger partial charge in [-0.2, -0.15) is 0 Å². The molecule has 0 saturated carbocycles. The first-order chi connectivity index (χ1) is 7.74. The van der Waals surface area contributed by atoms with E-state index in [4.69, 9.17) is 0 Å². The summed E-state index contributed by atoms with van der Waals surface area (Å²) in [5, 5.41) is 0. The molecular weight excluding hydrogens is 226 g/mol. The molecule has 0 heterocycles. The minimum Gasteiger partial charge on any atom is -0.494 e. The SMILES string of the molecule is COc1cc(F)c(C(=O)CC(C)(C)C)cc1F. The molecule has 1 rings (SSSR count). The van der Waals surface area contributed by atoms with Crippen LogP contribution in [0.5, 0.6) is 5.75 Å². The van der Waals surface area contributed by atoms with Crippen molar-refractivity contribution in [2.75, 3.05) is 7.11 Å². The predicted octanol–water partition coefficient (Wildman–Crippen LogP) is 3.59. The third-order valence-electron chi connectivity index (χ3n) is 2.23. The van der Waals surface area contributed by atoms with E-state index in [-0.39, 0.29) is 23.1 Å². The van der Waals surface area contributed by atoms with Crippen molar-refractivity contribution in [2.24, 2.45) is 5.41 Å². The molecule has 0 radical (unpaired) electrons. The van der Waals surface area contributed by atoms with Gasteiger partial charge >= 0.3 is 0 Å². The number of hydrogen-bond donors (Lipinski definition) is 0. The zero-order valence-electron chi connectivity index (χ0n) is 10.4. The Morgan fingerprint density at radius 3 is 2.29 bits per heavy atom. The smallest absolute Gasteiger partial charge is 0.166 e. The van der Waals surface area contributed by atoms with E-state index in [9.17, 15) is 13.6 Å². The van der Waals surface area contributed by atoms with Gasteiger partial charge in [-0.15, -0.1) is 0 Å². The molecule has 0 N–H and O–H groups in total. The van der Waals surface area contributed by atoms with Crippen LogP contribution in [-0.4, -0.2) is 12.9 Å². The molecule has 0 amide bonds. The lowest BCUT2D eigenvalue weighted by Gasteiger charge is -2.17. The first-order valence-electron chi connectivity index (χ1n) is 5.31. The first kappa shape index (κ1) is 13.6. The second-order valence-corrected chi connectivity index (χ2v) is 5.13. The molecule has 1 aromatic rings. The molecule has 0 aromatic heterocycles. The molecule has 17 heavy (non-hydrogen) atoms. The van der Waals surface area contributed by atoms with Crippen LogP contribution in [-0.2, 0) is 0 Å². The number of Topliss-reactive ketones (excluding diaryl/α,β-unsaturated/α-hetero) is 1. The van der Waals surface area contributed by atoms with Gasteiger partial charge < -0.3 is 4.74 Å². The number of hydrogen-bond acceptors (Lipinski definition) is 2. The summed E-state index contributed by atoms with van der Waals surface area (Å²) >= 11 is 0. The topological polar surface area (TPSA) is 26.3 Å². The van der Waals surface area contributed by atoms with Crippen molar-refractivity contribution in [3.05, 3.63) is 29.3 Å². The van der Waals surface area contributed by atoms with Crippen molar-refractivity contribution < 1.29 is 18.3 Å². The van der Waals surface area contributed by atoms with Crippen LogP contribution < -0.4 is 4.74 Å². The van der Waals surface area contributed by atoms with Gasteiger partial charge in [0.15, 0.2) is 17.3 Å². The normalized spacial score (nSPS) is 11.4. The van der Waals surface area contributed by atoms with Gasteiger partial charge in [0, 0.05) is 12.5 Å². The van der Waals surface area contributed by atoms with Crippen LogP contribution in [0.1, 0.15) is 37.6 Å². The van der Waals surface area contributed by atoms with E-state index in [2.05, 4.69) is 4.74 Å². The molecule has 0 bridgehead atoms. The zero-order valence-corrected chi connectivity index (χ0v) is 10.4. The monoisotopic (exact) mass is 242 g/mol. The molecule has 0 aliphatic carbocycles. The third kappa shape index (κ3) is 3.51. The minimum absolute atomic E-state index is 0.162. The highest BCUT2D eigenvalue weighted by molar-refractivity contribution is 5.96. The van der Waals surface area contributed by atoms with Crippen molar-refractivity contribution in [1.82, 2.24) is 0 Å². The van der Waals surface area contributed by atoms with E-state index in [1.54, 1.807) is 0 Å². The Hall–Kier alpha value is -1.45. The number of ether oxygens (including phenoxy) is 1. The molecule has 4 heteroatoms. The van der Waals surface area contributed by atoms with E-state index in [1.165, 1.54) is 7.11 Å². The Balaban J connectivity index is 3.07. The van der Waals surface area contributed by atoms with Crippen molar-refractivity contribution in [3.8, 4) is 5.75 Å². The predicted molar refractivity (Wildman–Crippen MR) is 61.3 cm³/mol. The van der Waals surface area contributed by atoms with Gasteiger partial charge in [0.25, 0.3) is 0 Å². The van der Waals surface area contributed by atoms with Crippen LogP contribution in [0.3, 0.4) is 0 Å². The summed E-state index contributed by atoms with van der Waals surface area (Å²) in [7, 11) is 1.24. The summed E-state index contributed by atoms with van der Waals surface area (Å²) in [5.41, 5.74) is -0.488. The van der Waals surface area contributed by atoms with Crippen LogP contribution in [0.25, 0.3) is 0 Å². The number of halogens is 2. The Morgan fingerprint density at radius 1 is 1.24 bits per heavy atom. The zero-order chi connectivity index (χ0) is 13.2. The number of methoxy groups -OCH3 is 1. The summed E-state index contributed by atoms with van der Waals surface area (Å²) in [5.74, 6) is -2.09. The Kier molecular flexibility index (Phi) is 3.86. The molecule has 2 nitrogen and oxygen atoms in total. The van der Waals surface area contributed by atoms with Crippen molar-refractivity contribution in [2.45, 2.75) is 27.2 Å². The quantitative estimate of drug-likeness (QED) is 0.757. The summed E-state index contributed by atoms with van der Waals surface area (Å²) in [6, 6.07) is 1.79. The molecular formula is C13H16F2O2. The van der Waals surface area contributed by atoms with Crippen LogP contribution in [0.2, 0.25) is 0 Å². The number of carbonyl (C=O) groups is 1. The molecule has 0 aliphatic heterocycles. The lowest BCUT2D eigenvalue weighted by molar-refractivity contribution is 0.0935. The van der Waals surface area contributed by atoms with Crippen molar-refractivity contribution in [1.29, 1.82) is 0 Å². The summed E-state index contributed by atoms with van der Waals surface area (Å²) in [6.45, 7) is 5.59. The van der Waals surface area contributed by atoms with E-state index in [0.717, 1.165) is 12.1 Å². The third-order valence-corrected chi connectivity index (χ3v) is 2.23. The van der Waals surface area contributed by atoms with Crippen molar-refractivity contribution >= 4 is 5.78 Å². The van der Waals surface area contributed by atoms with Crippen LogP contribution in [0, 0.1) is 17.0 Å². The van der Waals surface area contributed by atoms with Gasteiger partial charge in [-0.1, -0.05) is 20.8 Å². The van der Waals surface area contributed by atoms with E-state index >= 15 is 0 Å². The maximum absolute atomic E-state index is 13.6. The molecule has 0 saturated heterocycles. The number of ketones is 1. The summed E-state index contributed by atoms with van der Waals surface area (Å²) in [6.07, 6.45) is 0.162. The lowest BCUT2D eigenvalue weighted by atomic mass is 9.87. The lowest BCUT2D eigenvalue weighted by Crippen LogP contribution is -2.14. The molecule has 0 aliphatic rings. The minimum atomic E-state index is -0.752. The summed E-state index contributed by atoms with van der Waals surface area (Å²) in [4.78, 5) is 11.8. The molecule has 0 spiro atoms. The standard InChI is InChI=1S/C13H16F2O2/c1-13(2,3)7-11(16)8-5-10(15)12(17-4)6-9(8)14/h5-6H,7H2,1-4H3. The fraction of sp³-hybridized carbons (Fsp3) is 0.462. The van der Waals surface area contributed by atoms with Gasteiger partial charge in [0.2, 0.25) is 0 Å². The Morgan fingerprint density at radius 2 is 1.82 bits per heavy atom. The highest BCUT2D eigenvalue weighted by Crippen LogP contribution is 2.26. The van der Waals surface area contributed by atoms with Crippen LogP contribution in [0.4, 0.5) is 8.78 Å². The Labute approximate surface area is 99.6 Å². The molecule has 0 fully saturated rings. The van der Waals surface area contributed by atoms with E-state index < -0.39 is 17.4 Å². The highest BCUT2D eigenvalue weighted by atomic mass is 19.1. The second-order valence-electron chi connectivity index (χ2n) is 5.13. The number of rotatable bonds is 3. The fourth-order valence-electron chi connectivity index (χ4n) is 1.48. The number of benzene rings is 1. The molecule has 0 atom stereocenters. The van der Waals surface area contributed by atoms with Gasteiger partial charge in [0.1, 0.15) is 5.82 Å². The highest BCUT2D eigenvalue weighted by Gasteiger charge is 2.21. The molecule has 1 aromatic carbocycles. The largest absolute Gasteiger partial charge is 0.494 e. The second kappa shape index (κ2) is 4.82. The summed E-state index contributed by atoms with van der Waals surface area (Å²) < 4.78 is 31.6. The average Bonchev–Trinajstić information content (AvgIpc) is 2.18. The number of carbonyl (C=O) groups excluding carboxylic acids is 1. The van der Waals surface area contributed by atoms with Crippen LogP contribution in [0.15, 0.2) is 12.1 Å².